The number of carbonyl (C=O) groups excluding carboxylic acids is 2. The number of hydrogen-bond acceptors (Lipinski definition) is 4. The molecule has 2 amide bonds. The molecule has 142 valence electrons. The molecule has 0 aliphatic heterocycles. The summed E-state index contributed by atoms with van der Waals surface area (Å²) in [5.41, 5.74) is 1.52. The van der Waals surface area contributed by atoms with Crippen molar-refractivity contribution >= 4 is 35.2 Å². The van der Waals surface area contributed by atoms with Crippen molar-refractivity contribution in [3.05, 3.63) is 60.2 Å². The molecule has 0 radical (unpaired) electrons. The summed E-state index contributed by atoms with van der Waals surface area (Å²) in [7, 11) is 0. The number of anilines is 1. The van der Waals surface area contributed by atoms with Gasteiger partial charge in [-0.1, -0.05) is 30.3 Å². The number of amides is 2. The SMILES string of the molecule is CC(=O)Nc1ccc(SC(C)C(=O)N[C@H](Cc2ccccc2)C(=O)O)cc1. The van der Waals surface area contributed by atoms with Crippen LogP contribution in [0.1, 0.15) is 19.4 Å². The number of rotatable bonds is 8. The van der Waals surface area contributed by atoms with E-state index in [-0.39, 0.29) is 18.2 Å². The molecule has 3 N–H and O–H groups in total. The Balaban J connectivity index is 1.94. The van der Waals surface area contributed by atoms with Crippen LogP contribution in [0.15, 0.2) is 59.5 Å². The highest BCUT2D eigenvalue weighted by molar-refractivity contribution is 8.00. The van der Waals surface area contributed by atoms with Crippen LogP contribution in [0.3, 0.4) is 0 Å². The van der Waals surface area contributed by atoms with Gasteiger partial charge in [0.2, 0.25) is 11.8 Å². The molecule has 0 saturated carbocycles. The van der Waals surface area contributed by atoms with E-state index in [0.29, 0.717) is 5.69 Å². The third-order valence-corrected chi connectivity index (χ3v) is 4.87. The fourth-order valence-corrected chi connectivity index (χ4v) is 3.29. The lowest BCUT2D eigenvalue weighted by Crippen LogP contribution is -2.45. The van der Waals surface area contributed by atoms with Crippen LogP contribution in [0.25, 0.3) is 0 Å². The first-order chi connectivity index (χ1) is 12.8. The highest BCUT2D eigenvalue weighted by Crippen LogP contribution is 2.25. The van der Waals surface area contributed by atoms with Crippen molar-refractivity contribution in [2.24, 2.45) is 0 Å². The molecule has 2 aromatic carbocycles. The molecule has 2 rings (SSSR count). The zero-order valence-electron chi connectivity index (χ0n) is 15.1. The molecular formula is C20H22N2O4S. The second kappa shape index (κ2) is 9.78. The van der Waals surface area contributed by atoms with E-state index in [1.807, 2.05) is 30.3 Å². The van der Waals surface area contributed by atoms with Gasteiger partial charge in [0, 0.05) is 23.9 Å². The third kappa shape index (κ3) is 6.79. The van der Waals surface area contributed by atoms with Crippen molar-refractivity contribution in [2.45, 2.75) is 36.5 Å². The molecule has 0 bridgehead atoms. The van der Waals surface area contributed by atoms with Crippen LogP contribution in [0, 0.1) is 0 Å². The molecule has 6 nitrogen and oxygen atoms in total. The maximum absolute atomic E-state index is 12.4. The minimum Gasteiger partial charge on any atom is -0.480 e. The first-order valence-electron chi connectivity index (χ1n) is 8.46. The van der Waals surface area contributed by atoms with Crippen molar-refractivity contribution in [1.82, 2.24) is 5.32 Å². The molecule has 0 aromatic heterocycles. The van der Waals surface area contributed by atoms with E-state index in [1.165, 1.54) is 18.7 Å². The van der Waals surface area contributed by atoms with Gasteiger partial charge < -0.3 is 15.7 Å². The monoisotopic (exact) mass is 386 g/mol. The van der Waals surface area contributed by atoms with Gasteiger partial charge in [-0.25, -0.2) is 4.79 Å². The number of nitrogens with one attached hydrogen (secondary N) is 2. The number of aliphatic carboxylic acids is 1. The Morgan fingerprint density at radius 3 is 2.22 bits per heavy atom. The van der Waals surface area contributed by atoms with Crippen LogP contribution in [0.5, 0.6) is 0 Å². The van der Waals surface area contributed by atoms with Gasteiger partial charge >= 0.3 is 5.97 Å². The Morgan fingerprint density at radius 1 is 1.04 bits per heavy atom. The lowest BCUT2D eigenvalue weighted by atomic mass is 10.1. The molecular weight excluding hydrogens is 364 g/mol. The topological polar surface area (TPSA) is 95.5 Å². The van der Waals surface area contributed by atoms with Crippen molar-refractivity contribution in [3.63, 3.8) is 0 Å². The summed E-state index contributed by atoms with van der Waals surface area (Å²) in [5.74, 6) is -1.56. The second-order valence-corrected chi connectivity index (χ2v) is 7.47. The fourth-order valence-electron chi connectivity index (χ4n) is 2.42. The molecule has 7 heteroatoms. The predicted octanol–water partition coefficient (Wildman–Crippen LogP) is 2.94. The van der Waals surface area contributed by atoms with E-state index in [1.54, 1.807) is 31.2 Å². The largest absolute Gasteiger partial charge is 0.480 e. The maximum Gasteiger partial charge on any atom is 0.326 e. The summed E-state index contributed by atoms with van der Waals surface area (Å²) in [6, 6.07) is 15.3. The van der Waals surface area contributed by atoms with Gasteiger partial charge in [-0.05, 0) is 36.8 Å². The molecule has 0 aliphatic rings. The summed E-state index contributed by atoms with van der Waals surface area (Å²) in [6.45, 7) is 3.16. The number of carboxylic acid groups (broad SMARTS) is 1. The Morgan fingerprint density at radius 2 is 1.67 bits per heavy atom. The lowest BCUT2D eigenvalue weighted by Gasteiger charge is -2.18. The van der Waals surface area contributed by atoms with E-state index in [0.717, 1.165) is 10.5 Å². The Hall–Kier alpha value is -2.80. The van der Waals surface area contributed by atoms with Crippen LogP contribution in [0.4, 0.5) is 5.69 Å². The van der Waals surface area contributed by atoms with Crippen LogP contribution >= 0.6 is 11.8 Å². The first kappa shape index (κ1) is 20.5. The third-order valence-electron chi connectivity index (χ3n) is 3.75. The van der Waals surface area contributed by atoms with E-state index in [9.17, 15) is 19.5 Å². The average molecular weight is 386 g/mol. The summed E-state index contributed by atoms with van der Waals surface area (Å²) < 4.78 is 0. The summed E-state index contributed by atoms with van der Waals surface area (Å²) in [4.78, 5) is 35.8. The molecule has 0 saturated heterocycles. The molecule has 0 heterocycles. The Bertz CT molecular complexity index is 793. The molecule has 0 spiro atoms. The lowest BCUT2D eigenvalue weighted by molar-refractivity contribution is -0.141. The molecule has 2 atom stereocenters. The van der Waals surface area contributed by atoms with Gasteiger partial charge in [0.1, 0.15) is 6.04 Å². The molecule has 0 aliphatic carbocycles. The van der Waals surface area contributed by atoms with Crippen LogP contribution in [-0.2, 0) is 20.8 Å². The minimum absolute atomic E-state index is 0.152. The van der Waals surface area contributed by atoms with Crippen LogP contribution in [-0.4, -0.2) is 34.2 Å². The average Bonchev–Trinajstić information content (AvgIpc) is 2.63. The van der Waals surface area contributed by atoms with Gasteiger partial charge in [0.05, 0.1) is 5.25 Å². The van der Waals surface area contributed by atoms with Gasteiger partial charge in [0.25, 0.3) is 0 Å². The van der Waals surface area contributed by atoms with Crippen molar-refractivity contribution in [2.75, 3.05) is 5.32 Å². The Kier molecular flexibility index (Phi) is 7.43. The van der Waals surface area contributed by atoms with Crippen LogP contribution in [0.2, 0.25) is 0 Å². The van der Waals surface area contributed by atoms with Crippen molar-refractivity contribution in [1.29, 1.82) is 0 Å². The van der Waals surface area contributed by atoms with E-state index in [4.69, 9.17) is 0 Å². The van der Waals surface area contributed by atoms with Gasteiger partial charge in [0.15, 0.2) is 0 Å². The summed E-state index contributed by atoms with van der Waals surface area (Å²) in [5, 5.41) is 14.2. The zero-order chi connectivity index (χ0) is 19.8. The number of carboxylic acids is 1. The predicted molar refractivity (Wildman–Crippen MR) is 106 cm³/mol. The van der Waals surface area contributed by atoms with E-state index in [2.05, 4.69) is 10.6 Å². The standard InChI is InChI=1S/C20H22N2O4S/c1-13(27-17-10-8-16(9-11-17)21-14(2)23)19(24)22-18(20(25)26)12-15-6-4-3-5-7-15/h3-11,13,18H,12H2,1-2H3,(H,21,23)(H,22,24)(H,25,26)/t13?,18-/m1/s1. The molecule has 2 aromatic rings. The normalized spacial score (nSPS) is 12.7. The second-order valence-electron chi connectivity index (χ2n) is 6.05. The number of benzene rings is 2. The van der Waals surface area contributed by atoms with E-state index >= 15 is 0 Å². The first-order valence-corrected chi connectivity index (χ1v) is 9.34. The van der Waals surface area contributed by atoms with Crippen LogP contribution < -0.4 is 10.6 Å². The Labute approximate surface area is 162 Å². The van der Waals surface area contributed by atoms with E-state index < -0.39 is 17.3 Å². The molecule has 1 unspecified atom stereocenters. The maximum atomic E-state index is 12.4. The molecule has 0 fully saturated rings. The summed E-state index contributed by atoms with van der Waals surface area (Å²) in [6.07, 6.45) is 0.227. The quantitative estimate of drug-likeness (QED) is 0.606. The van der Waals surface area contributed by atoms with Gasteiger partial charge in [-0.3, -0.25) is 9.59 Å². The number of carbonyl (C=O) groups is 3. The van der Waals surface area contributed by atoms with Crippen molar-refractivity contribution in [3.8, 4) is 0 Å². The fraction of sp³-hybridized carbons (Fsp3) is 0.250. The smallest absolute Gasteiger partial charge is 0.326 e. The van der Waals surface area contributed by atoms with Gasteiger partial charge in [-0.2, -0.15) is 0 Å². The highest BCUT2D eigenvalue weighted by Gasteiger charge is 2.23. The van der Waals surface area contributed by atoms with Gasteiger partial charge in [-0.15, -0.1) is 11.8 Å². The summed E-state index contributed by atoms with van der Waals surface area (Å²) >= 11 is 1.32. The number of hydrogen-bond donors (Lipinski definition) is 3. The highest BCUT2D eigenvalue weighted by atomic mass is 32.2. The number of thioether (sulfide) groups is 1. The van der Waals surface area contributed by atoms with Crippen molar-refractivity contribution < 1.29 is 19.5 Å². The minimum atomic E-state index is -1.07. The zero-order valence-corrected chi connectivity index (χ0v) is 16.0. The molecule has 27 heavy (non-hydrogen) atoms.